The molecule has 0 amide bonds. The van der Waals surface area contributed by atoms with Gasteiger partial charge >= 0.3 is 0 Å². The fourth-order valence-corrected chi connectivity index (χ4v) is 2.96. The summed E-state index contributed by atoms with van der Waals surface area (Å²) < 4.78 is 0. The Morgan fingerprint density at radius 3 is 2.74 bits per heavy atom. The van der Waals surface area contributed by atoms with Crippen molar-refractivity contribution < 1.29 is 0 Å². The quantitative estimate of drug-likeness (QED) is 0.883. The SMILES string of the molecule is NCc1cnc2ccccc2c1NC1CCCCC1. The standard InChI is InChI=1S/C16H21N3/c17-10-12-11-18-15-9-5-4-8-14(15)16(12)19-13-6-2-1-3-7-13/h4-5,8-9,11,13H,1-3,6-7,10,17H2,(H,18,19). The summed E-state index contributed by atoms with van der Waals surface area (Å²) in [5, 5.41) is 4.91. The normalized spacial score (nSPS) is 16.7. The Bertz CT molecular complexity index is 559. The first-order valence-electron chi connectivity index (χ1n) is 7.21. The number of rotatable bonds is 3. The van der Waals surface area contributed by atoms with Crippen LogP contribution in [0.4, 0.5) is 5.69 Å². The van der Waals surface area contributed by atoms with Gasteiger partial charge in [-0.3, -0.25) is 4.98 Å². The highest BCUT2D eigenvalue weighted by molar-refractivity contribution is 5.92. The van der Waals surface area contributed by atoms with Gasteiger partial charge in [-0.05, 0) is 18.9 Å². The molecule has 1 heterocycles. The molecule has 3 rings (SSSR count). The zero-order chi connectivity index (χ0) is 13.1. The summed E-state index contributed by atoms with van der Waals surface area (Å²) in [5.74, 6) is 0. The van der Waals surface area contributed by atoms with Crippen molar-refractivity contribution in [3.63, 3.8) is 0 Å². The lowest BCUT2D eigenvalue weighted by molar-refractivity contribution is 0.462. The van der Waals surface area contributed by atoms with Crippen LogP contribution < -0.4 is 11.1 Å². The second-order valence-electron chi connectivity index (χ2n) is 5.36. The third-order valence-electron chi connectivity index (χ3n) is 4.03. The molecule has 1 aromatic carbocycles. The maximum Gasteiger partial charge on any atom is 0.0722 e. The maximum atomic E-state index is 5.87. The number of nitrogens with one attached hydrogen (secondary N) is 1. The number of aromatic nitrogens is 1. The fraction of sp³-hybridized carbons (Fsp3) is 0.438. The molecular formula is C16H21N3. The van der Waals surface area contributed by atoms with Crippen molar-refractivity contribution in [1.82, 2.24) is 4.98 Å². The lowest BCUT2D eigenvalue weighted by Crippen LogP contribution is -2.23. The molecule has 1 saturated carbocycles. The summed E-state index contributed by atoms with van der Waals surface area (Å²) in [5.41, 5.74) is 9.22. The topological polar surface area (TPSA) is 50.9 Å². The molecule has 3 heteroatoms. The lowest BCUT2D eigenvalue weighted by Gasteiger charge is -2.25. The van der Waals surface area contributed by atoms with Crippen molar-refractivity contribution in [3.05, 3.63) is 36.0 Å². The number of para-hydroxylation sites is 1. The van der Waals surface area contributed by atoms with E-state index in [1.54, 1.807) is 0 Å². The molecular weight excluding hydrogens is 234 g/mol. The van der Waals surface area contributed by atoms with Crippen molar-refractivity contribution >= 4 is 16.6 Å². The Morgan fingerprint density at radius 1 is 1.16 bits per heavy atom. The molecule has 1 fully saturated rings. The summed E-state index contributed by atoms with van der Waals surface area (Å²) in [4.78, 5) is 4.49. The highest BCUT2D eigenvalue weighted by atomic mass is 14.9. The first-order chi connectivity index (χ1) is 9.38. The van der Waals surface area contributed by atoms with Crippen molar-refractivity contribution in [2.45, 2.75) is 44.7 Å². The second kappa shape index (κ2) is 5.57. The van der Waals surface area contributed by atoms with E-state index in [0.29, 0.717) is 12.6 Å². The molecule has 0 bridgehead atoms. The van der Waals surface area contributed by atoms with E-state index in [9.17, 15) is 0 Å². The molecule has 0 saturated heterocycles. The summed E-state index contributed by atoms with van der Waals surface area (Å²) >= 11 is 0. The predicted octanol–water partition coefficient (Wildman–Crippen LogP) is 3.44. The Balaban J connectivity index is 1.98. The van der Waals surface area contributed by atoms with Crippen molar-refractivity contribution in [2.24, 2.45) is 5.73 Å². The minimum atomic E-state index is 0.535. The van der Waals surface area contributed by atoms with Gasteiger partial charge in [-0.2, -0.15) is 0 Å². The number of hydrogen-bond donors (Lipinski definition) is 2. The summed E-state index contributed by atoms with van der Waals surface area (Å²) in [7, 11) is 0. The molecule has 0 unspecified atom stereocenters. The van der Waals surface area contributed by atoms with E-state index in [-0.39, 0.29) is 0 Å². The summed E-state index contributed by atoms with van der Waals surface area (Å²) in [6.45, 7) is 0.535. The number of hydrogen-bond acceptors (Lipinski definition) is 3. The molecule has 19 heavy (non-hydrogen) atoms. The van der Waals surface area contributed by atoms with Crippen LogP contribution in [0.1, 0.15) is 37.7 Å². The third-order valence-corrected chi connectivity index (χ3v) is 4.03. The minimum Gasteiger partial charge on any atom is -0.381 e. The number of fused-ring (bicyclic) bond motifs is 1. The average molecular weight is 255 g/mol. The Labute approximate surface area is 114 Å². The van der Waals surface area contributed by atoms with Crippen LogP contribution in [0.3, 0.4) is 0 Å². The number of benzene rings is 1. The van der Waals surface area contributed by atoms with E-state index < -0.39 is 0 Å². The van der Waals surface area contributed by atoms with Crippen molar-refractivity contribution in [2.75, 3.05) is 5.32 Å². The second-order valence-corrected chi connectivity index (χ2v) is 5.36. The van der Waals surface area contributed by atoms with Gasteiger partial charge in [0.1, 0.15) is 0 Å². The molecule has 1 aromatic heterocycles. The Kier molecular flexibility index (Phi) is 3.65. The van der Waals surface area contributed by atoms with Gasteiger partial charge in [-0.15, -0.1) is 0 Å². The van der Waals surface area contributed by atoms with E-state index in [1.165, 1.54) is 43.2 Å². The first kappa shape index (κ1) is 12.4. The van der Waals surface area contributed by atoms with Crippen molar-refractivity contribution in [3.8, 4) is 0 Å². The van der Waals surface area contributed by atoms with Gasteiger partial charge in [0.05, 0.1) is 5.52 Å². The van der Waals surface area contributed by atoms with Gasteiger partial charge in [0.25, 0.3) is 0 Å². The van der Waals surface area contributed by atoms with Crippen LogP contribution in [-0.2, 0) is 6.54 Å². The highest BCUT2D eigenvalue weighted by Gasteiger charge is 2.16. The molecule has 0 aliphatic heterocycles. The molecule has 100 valence electrons. The van der Waals surface area contributed by atoms with E-state index in [0.717, 1.165) is 11.1 Å². The smallest absolute Gasteiger partial charge is 0.0722 e. The Hall–Kier alpha value is -1.61. The molecule has 0 spiro atoms. The largest absolute Gasteiger partial charge is 0.381 e. The average Bonchev–Trinajstić information content (AvgIpc) is 2.49. The van der Waals surface area contributed by atoms with Crippen LogP contribution in [0.2, 0.25) is 0 Å². The van der Waals surface area contributed by atoms with E-state index in [2.05, 4.69) is 28.5 Å². The molecule has 1 aliphatic rings. The summed E-state index contributed by atoms with van der Waals surface area (Å²) in [6.07, 6.45) is 8.48. The van der Waals surface area contributed by atoms with Gasteiger partial charge in [-0.25, -0.2) is 0 Å². The molecule has 0 radical (unpaired) electrons. The molecule has 1 aliphatic carbocycles. The van der Waals surface area contributed by atoms with Crippen LogP contribution >= 0.6 is 0 Å². The molecule has 3 N–H and O–H groups in total. The number of anilines is 1. The fourth-order valence-electron chi connectivity index (χ4n) is 2.96. The van der Waals surface area contributed by atoms with Crippen LogP contribution in [0.5, 0.6) is 0 Å². The zero-order valence-corrected chi connectivity index (χ0v) is 11.2. The highest BCUT2D eigenvalue weighted by Crippen LogP contribution is 2.29. The van der Waals surface area contributed by atoms with Gasteiger partial charge in [0, 0.05) is 35.4 Å². The number of nitrogens with two attached hydrogens (primary N) is 1. The minimum absolute atomic E-state index is 0.535. The van der Waals surface area contributed by atoms with E-state index in [1.807, 2.05) is 12.3 Å². The zero-order valence-electron chi connectivity index (χ0n) is 11.2. The molecule has 2 aromatic rings. The summed E-state index contributed by atoms with van der Waals surface area (Å²) in [6, 6.07) is 8.87. The molecule has 0 atom stereocenters. The van der Waals surface area contributed by atoms with Gasteiger partial charge in [0.2, 0.25) is 0 Å². The molecule has 3 nitrogen and oxygen atoms in total. The lowest BCUT2D eigenvalue weighted by atomic mass is 9.94. The van der Waals surface area contributed by atoms with Gasteiger partial charge in [-0.1, -0.05) is 37.5 Å². The maximum absolute atomic E-state index is 5.87. The Morgan fingerprint density at radius 2 is 1.95 bits per heavy atom. The van der Waals surface area contributed by atoms with Gasteiger partial charge in [0.15, 0.2) is 0 Å². The monoisotopic (exact) mass is 255 g/mol. The van der Waals surface area contributed by atoms with Crippen LogP contribution in [0, 0.1) is 0 Å². The number of pyridine rings is 1. The first-order valence-corrected chi connectivity index (χ1v) is 7.21. The van der Waals surface area contributed by atoms with E-state index in [4.69, 9.17) is 5.73 Å². The number of nitrogens with zero attached hydrogens (tertiary/aromatic N) is 1. The van der Waals surface area contributed by atoms with Crippen LogP contribution in [-0.4, -0.2) is 11.0 Å². The predicted molar refractivity (Wildman–Crippen MR) is 80.1 cm³/mol. The third kappa shape index (κ3) is 2.56. The van der Waals surface area contributed by atoms with Crippen LogP contribution in [0.25, 0.3) is 10.9 Å². The van der Waals surface area contributed by atoms with Crippen LogP contribution in [0.15, 0.2) is 30.5 Å². The van der Waals surface area contributed by atoms with Crippen molar-refractivity contribution in [1.29, 1.82) is 0 Å². The van der Waals surface area contributed by atoms with E-state index >= 15 is 0 Å². The van der Waals surface area contributed by atoms with Gasteiger partial charge < -0.3 is 11.1 Å².